The highest BCUT2D eigenvalue weighted by molar-refractivity contribution is 5.88. The number of carbonyl (C=O) groups is 1. The Labute approximate surface area is 192 Å². The molecule has 0 amide bonds. The highest BCUT2D eigenvalue weighted by atomic mass is 16.1. The molecule has 0 bridgehead atoms. The fourth-order valence-corrected chi connectivity index (χ4v) is 11.1. The molecule has 5 aliphatic carbocycles. The third kappa shape index (κ3) is 2.53. The Morgan fingerprint density at radius 1 is 0.806 bits per heavy atom. The summed E-state index contributed by atoms with van der Waals surface area (Å²) in [5, 5.41) is 0. The van der Waals surface area contributed by atoms with Gasteiger partial charge < -0.3 is 0 Å². The summed E-state index contributed by atoms with van der Waals surface area (Å²) in [4.78, 5) is 12.8. The second kappa shape index (κ2) is 6.50. The van der Waals surface area contributed by atoms with E-state index in [-0.39, 0.29) is 5.41 Å². The summed E-state index contributed by atoms with van der Waals surface area (Å²) in [7, 11) is 0. The number of ketones is 1. The molecule has 31 heavy (non-hydrogen) atoms. The standard InChI is InChI=1S/C30H48O/c1-19(2)20-9-12-23-27(20,5)15-17-30(8)24-13-10-21-22(11-14-25(31)26(21,3)4)28(24,6)16-18-29(23,30)7/h10,19-20,22-24H,9,11-18H2,1-8H3/t20?,22?,23?,24?,27-,28+,29+,30-/m1/s1. The molecule has 174 valence electrons. The van der Waals surface area contributed by atoms with Crippen LogP contribution in [0.4, 0.5) is 0 Å². The van der Waals surface area contributed by atoms with Crippen molar-refractivity contribution in [3.05, 3.63) is 11.6 Å². The van der Waals surface area contributed by atoms with E-state index in [0.29, 0.717) is 33.4 Å². The van der Waals surface area contributed by atoms with Crippen LogP contribution in [-0.4, -0.2) is 5.78 Å². The predicted octanol–water partition coefficient (Wildman–Crippen LogP) is 8.23. The first-order chi connectivity index (χ1) is 14.3. The third-order valence-electron chi connectivity index (χ3n) is 13.0. The van der Waals surface area contributed by atoms with E-state index < -0.39 is 0 Å². The van der Waals surface area contributed by atoms with Crippen LogP contribution in [0, 0.1) is 56.7 Å². The van der Waals surface area contributed by atoms with E-state index in [0.717, 1.165) is 36.5 Å². The van der Waals surface area contributed by atoms with Crippen LogP contribution in [0.3, 0.4) is 0 Å². The first-order valence-corrected chi connectivity index (χ1v) is 13.6. The average molecular weight is 425 g/mol. The Morgan fingerprint density at radius 3 is 2.06 bits per heavy atom. The third-order valence-corrected chi connectivity index (χ3v) is 13.0. The number of hydrogen-bond acceptors (Lipinski definition) is 1. The molecule has 8 atom stereocenters. The molecule has 4 unspecified atom stereocenters. The second-order valence-electron chi connectivity index (χ2n) is 14.4. The molecule has 0 heterocycles. The van der Waals surface area contributed by atoms with Gasteiger partial charge in [0.1, 0.15) is 5.78 Å². The van der Waals surface area contributed by atoms with Crippen molar-refractivity contribution in [3.8, 4) is 0 Å². The van der Waals surface area contributed by atoms with Crippen LogP contribution in [0.1, 0.15) is 113 Å². The Bertz CT molecular complexity index is 818. The van der Waals surface area contributed by atoms with Crippen molar-refractivity contribution in [3.63, 3.8) is 0 Å². The topological polar surface area (TPSA) is 17.1 Å². The van der Waals surface area contributed by atoms with Gasteiger partial charge in [-0.3, -0.25) is 4.79 Å². The van der Waals surface area contributed by atoms with Crippen LogP contribution in [0.15, 0.2) is 11.6 Å². The Morgan fingerprint density at radius 2 is 1.42 bits per heavy atom. The first kappa shape index (κ1) is 22.2. The van der Waals surface area contributed by atoms with E-state index in [1.165, 1.54) is 50.5 Å². The summed E-state index contributed by atoms with van der Waals surface area (Å²) in [6, 6.07) is 0. The zero-order valence-electron chi connectivity index (χ0n) is 21.7. The molecular weight excluding hydrogens is 376 g/mol. The number of Topliss-reactive ketones (excluding diaryl/α,β-unsaturated/α-hetero) is 1. The van der Waals surface area contributed by atoms with Gasteiger partial charge in [-0.25, -0.2) is 0 Å². The summed E-state index contributed by atoms with van der Waals surface area (Å²) in [6.45, 7) is 20.1. The van der Waals surface area contributed by atoms with Gasteiger partial charge in [0.15, 0.2) is 0 Å². The molecule has 4 saturated carbocycles. The maximum atomic E-state index is 12.8. The van der Waals surface area contributed by atoms with Crippen LogP contribution < -0.4 is 0 Å². The molecule has 0 radical (unpaired) electrons. The van der Waals surface area contributed by atoms with Crippen molar-refractivity contribution in [2.24, 2.45) is 56.7 Å². The van der Waals surface area contributed by atoms with E-state index in [4.69, 9.17) is 0 Å². The van der Waals surface area contributed by atoms with E-state index in [1.807, 2.05) is 0 Å². The van der Waals surface area contributed by atoms with Crippen molar-refractivity contribution < 1.29 is 4.79 Å². The van der Waals surface area contributed by atoms with Gasteiger partial charge in [-0.15, -0.1) is 0 Å². The molecule has 0 aromatic carbocycles. The lowest BCUT2D eigenvalue weighted by atomic mass is 9.33. The van der Waals surface area contributed by atoms with E-state index in [2.05, 4.69) is 61.5 Å². The SMILES string of the molecule is CC(C)C1CCC2[C@]1(C)CC[C@]1(C)C3CC=C4C(CCC(=O)C4(C)C)[C@]3(C)CC[C@@]21C. The molecule has 4 fully saturated rings. The normalized spacial score (nSPS) is 53.3. The first-order valence-electron chi connectivity index (χ1n) is 13.6. The van der Waals surface area contributed by atoms with Crippen molar-refractivity contribution in [2.75, 3.05) is 0 Å². The van der Waals surface area contributed by atoms with Crippen molar-refractivity contribution in [1.82, 2.24) is 0 Å². The molecule has 0 saturated heterocycles. The van der Waals surface area contributed by atoms with Gasteiger partial charge >= 0.3 is 0 Å². The quantitative estimate of drug-likeness (QED) is 0.387. The smallest absolute Gasteiger partial charge is 0.142 e. The predicted molar refractivity (Wildman–Crippen MR) is 130 cm³/mol. The molecule has 5 aliphatic rings. The molecule has 1 nitrogen and oxygen atoms in total. The minimum absolute atomic E-state index is 0.236. The Hall–Kier alpha value is -0.590. The fourth-order valence-electron chi connectivity index (χ4n) is 11.1. The highest BCUT2D eigenvalue weighted by Crippen LogP contribution is 2.77. The van der Waals surface area contributed by atoms with Gasteiger partial charge in [0.2, 0.25) is 0 Å². The van der Waals surface area contributed by atoms with E-state index in [9.17, 15) is 4.79 Å². The average Bonchev–Trinajstić information content (AvgIpc) is 3.05. The van der Waals surface area contributed by atoms with Gasteiger partial charge in [0.05, 0.1) is 0 Å². The molecule has 1 heteroatoms. The van der Waals surface area contributed by atoms with Crippen LogP contribution in [0.5, 0.6) is 0 Å². The lowest BCUT2D eigenvalue weighted by Gasteiger charge is -2.71. The molecule has 0 aromatic heterocycles. The maximum Gasteiger partial charge on any atom is 0.142 e. The van der Waals surface area contributed by atoms with Crippen LogP contribution >= 0.6 is 0 Å². The summed E-state index contributed by atoms with van der Waals surface area (Å²) >= 11 is 0. The van der Waals surface area contributed by atoms with E-state index in [1.54, 1.807) is 0 Å². The van der Waals surface area contributed by atoms with Gasteiger partial charge in [-0.2, -0.15) is 0 Å². The number of hydrogen-bond donors (Lipinski definition) is 0. The van der Waals surface area contributed by atoms with Gasteiger partial charge in [-0.05, 0) is 116 Å². The van der Waals surface area contributed by atoms with Gasteiger partial charge in [0.25, 0.3) is 0 Å². The Balaban J connectivity index is 1.55. The van der Waals surface area contributed by atoms with Crippen molar-refractivity contribution in [2.45, 2.75) is 113 Å². The zero-order valence-corrected chi connectivity index (χ0v) is 21.7. The highest BCUT2D eigenvalue weighted by Gasteiger charge is 2.70. The molecule has 0 aromatic rings. The minimum Gasteiger partial charge on any atom is -0.299 e. The summed E-state index contributed by atoms with van der Waals surface area (Å²) in [5.41, 5.74) is 3.10. The van der Waals surface area contributed by atoms with Crippen LogP contribution in [0.25, 0.3) is 0 Å². The fraction of sp³-hybridized carbons (Fsp3) is 0.900. The second-order valence-corrected chi connectivity index (χ2v) is 14.4. The van der Waals surface area contributed by atoms with Gasteiger partial charge in [0, 0.05) is 11.8 Å². The lowest BCUT2D eigenvalue weighted by Crippen LogP contribution is -2.64. The van der Waals surface area contributed by atoms with Crippen molar-refractivity contribution >= 4 is 5.78 Å². The number of carbonyl (C=O) groups excluding carboxylic acids is 1. The van der Waals surface area contributed by atoms with Crippen LogP contribution in [-0.2, 0) is 4.79 Å². The number of rotatable bonds is 1. The summed E-state index contributed by atoms with van der Waals surface area (Å²) in [5.74, 6) is 4.50. The molecule has 5 rings (SSSR count). The summed E-state index contributed by atoms with van der Waals surface area (Å²) in [6.07, 6.45) is 14.2. The summed E-state index contributed by atoms with van der Waals surface area (Å²) < 4.78 is 0. The van der Waals surface area contributed by atoms with Crippen molar-refractivity contribution in [1.29, 1.82) is 0 Å². The number of allylic oxidation sites excluding steroid dienone is 2. The van der Waals surface area contributed by atoms with Crippen LogP contribution in [0.2, 0.25) is 0 Å². The molecule has 0 N–H and O–H groups in total. The minimum atomic E-state index is -0.236. The Kier molecular flexibility index (Phi) is 4.66. The molecular formula is C30H48O. The van der Waals surface area contributed by atoms with Gasteiger partial charge in [-0.1, -0.05) is 53.2 Å². The lowest BCUT2D eigenvalue weighted by molar-refractivity contribution is -0.212. The molecule has 0 spiro atoms. The maximum absolute atomic E-state index is 12.8. The number of fused-ring (bicyclic) bond motifs is 7. The monoisotopic (exact) mass is 424 g/mol. The zero-order chi connectivity index (χ0) is 22.6. The molecule has 0 aliphatic heterocycles. The largest absolute Gasteiger partial charge is 0.299 e. The van der Waals surface area contributed by atoms with E-state index >= 15 is 0 Å².